The summed E-state index contributed by atoms with van der Waals surface area (Å²) in [5, 5.41) is 0. The molecule has 9 heteroatoms. The normalized spacial score (nSPS) is 16.2. The zero-order valence-corrected chi connectivity index (χ0v) is 16.7. The molecule has 5 nitrogen and oxygen atoms in total. The van der Waals surface area contributed by atoms with E-state index in [0.717, 1.165) is 57.0 Å². The summed E-state index contributed by atoms with van der Waals surface area (Å²) in [5.41, 5.74) is 0.336. The van der Waals surface area contributed by atoms with E-state index in [4.69, 9.17) is 0 Å². The van der Waals surface area contributed by atoms with Gasteiger partial charge >= 0.3 is 6.18 Å². The maximum absolute atomic E-state index is 12.6. The second-order valence-corrected chi connectivity index (χ2v) is 8.70. The summed E-state index contributed by atoms with van der Waals surface area (Å²) >= 11 is 0. The molecule has 0 bridgehead atoms. The molecule has 1 heterocycles. The van der Waals surface area contributed by atoms with Crippen LogP contribution in [0.4, 0.5) is 18.9 Å². The number of rotatable bonds is 7. The molecule has 0 radical (unpaired) electrons. The maximum Gasteiger partial charge on any atom is 0.416 e. The smallest absolute Gasteiger partial charge is 0.369 e. The first-order valence-electron chi connectivity index (χ1n) is 9.45. The molecule has 1 aliphatic heterocycles. The van der Waals surface area contributed by atoms with Gasteiger partial charge in [-0.25, -0.2) is 13.1 Å². The molecule has 0 aliphatic carbocycles. The molecule has 1 aliphatic rings. The highest BCUT2D eigenvalue weighted by Crippen LogP contribution is 2.29. The Balaban J connectivity index is 1.41. The van der Waals surface area contributed by atoms with Crippen LogP contribution < -0.4 is 9.62 Å². The average Bonchev–Trinajstić information content (AvgIpc) is 2.72. The predicted molar refractivity (Wildman–Crippen MR) is 106 cm³/mol. The van der Waals surface area contributed by atoms with E-state index in [0.29, 0.717) is 6.42 Å². The fourth-order valence-electron chi connectivity index (χ4n) is 3.28. The van der Waals surface area contributed by atoms with Gasteiger partial charge in [-0.2, -0.15) is 13.2 Å². The summed E-state index contributed by atoms with van der Waals surface area (Å²) in [6, 6.07) is 13.7. The molecule has 0 unspecified atom stereocenters. The lowest BCUT2D eigenvalue weighted by Gasteiger charge is -2.36. The summed E-state index contributed by atoms with van der Waals surface area (Å²) in [5.74, 6) is 0. The molecule has 29 heavy (non-hydrogen) atoms. The van der Waals surface area contributed by atoms with Crippen LogP contribution in [0, 0.1) is 0 Å². The van der Waals surface area contributed by atoms with Gasteiger partial charge in [0.05, 0.1) is 10.5 Å². The van der Waals surface area contributed by atoms with Gasteiger partial charge in [0.2, 0.25) is 10.0 Å². The molecule has 1 saturated heterocycles. The lowest BCUT2D eigenvalue weighted by Crippen LogP contribution is -2.47. The minimum absolute atomic E-state index is 0.165. The van der Waals surface area contributed by atoms with Crippen molar-refractivity contribution in [3.05, 3.63) is 60.2 Å². The van der Waals surface area contributed by atoms with Gasteiger partial charge in [0.15, 0.2) is 0 Å². The number of alkyl halides is 3. The van der Waals surface area contributed by atoms with Crippen LogP contribution >= 0.6 is 0 Å². The molecule has 0 aromatic heterocycles. The molecule has 1 fully saturated rings. The summed E-state index contributed by atoms with van der Waals surface area (Å²) in [6.07, 6.45) is -3.86. The Morgan fingerprint density at radius 2 is 1.52 bits per heavy atom. The van der Waals surface area contributed by atoms with E-state index in [9.17, 15) is 21.6 Å². The van der Waals surface area contributed by atoms with Crippen molar-refractivity contribution in [2.45, 2.75) is 17.5 Å². The SMILES string of the molecule is O=S(=O)(NCCCN1CCN(c2ccccc2)CC1)c1ccc(C(F)(F)F)cc1. The van der Waals surface area contributed by atoms with E-state index >= 15 is 0 Å². The number of anilines is 1. The predicted octanol–water partition coefficient (Wildman–Crippen LogP) is 3.20. The van der Waals surface area contributed by atoms with E-state index in [1.807, 2.05) is 18.2 Å². The Hall–Kier alpha value is -2.10. The number of hydrogen-bond donors (Lipinski definition) is 1. The Kier molecular flexibility index (Phi) is 6.81. The van der Waals surface area contributed by atoms with Crippen molar-refractivity contribution < 1.29 is 21.6 Å². The molecule has 0 saturated carbocycles. The molecule has 2 aromatic carbocycles. The summed E-state index contributed by atoms with van der Waals surface area (Å²) in [6.45, 7) is 4.64. The third-order valence-corrected chi connectivity index (χ3v) is 6.41. The number of nitrogens with one attached hydrogen (secondary N) is 1. The molecule has 1 N–H and O–H groups in total. The highest BCUT2D eigenvalue weighted by molar-refractivity contribution is 7.89. The summed E-state index contributed by atoms with van der Waals surface area (Å²) < 4.78 is 64.7. The molecule has 0 atom stereocenters. The van der Waals surface area contributed by atoms with Crippen molar-refractivity contribution in [1.29, 1.82) is 0 Å². The molecule has 0 spiro atoms. The van der Waals surface area contributed by atoms with Gasteiger partial charge in [0, 0.05) is 38.4 Å². The highest BCUT2D eigenvalue weighted by Gasteiger charge is 2.30. The van der Waals surface area contributed by atoms with Crippen LogP contribution in [-0.4, -0.2) is 52.6 Å². The van der Waals surface area contributed by atoms with Gasteiger partial charge in [0.1, 0.15) is 0 Å². The van der Waals surface area contributed by atoms with Crippen molar-refractivity contribution in [3.8, 4) is 0 Å². The van der Waals surface area contributed by atoms with E-state index in [2.05, 4.69) is 26.7 Å². The summed E-state index contributed by atoms with van der Waals surface area (Å²) in [7, 11) is -3.81. The van der Waals surface area contributed by atoms with Gasteiger partial charge in [-0.3, -0.25) is 4.90 Å². The van der Waals surface area contributed by atoms with Crippen LogP contribution in [0.1, 0.15) is 12.0 Å². The van der Waals surface area contributed by atoms with Gasteiger partial charge in [-0.1, -0.05) is 18.2 Å². The van der Waals surface area contributed by atoms with Crippen LogP contribution in [0.5, 0.6) is 0 Å². The van der Waals surface area contributed by atoms with Crippen LogP contribution in [0.25, 0.3) is 0 Å². The standard InChI is InChI=1S/C20H24F3N3O2S/c21-20(22,23)17-7-9-19(10-8-17)29(27,28)24-11-4-12-25-13-15-26(16-14-25)18-5-2-1-3-6-18/h1-3,5-10,24H,4,11-16H2. The quantitative estimate of drug-likeness (QED) is 0.690. The van der Waals surface area contributed by atoms with Gasteiger partial charge in [-0.05, 0) is 49.4 Å². The first kappa shape index (κ1) is 21.6. The van der Waals surface area contributed by atoms with Crippen LogP contribution in [0.15, 0.2) is 59.5 Å². The van der Waals surface area contributed by atoms with Crippen molar-refractivity contribution in [1.82, 2.24) is 9.62 Å². The van der Waals surface area contributed by atoms with Crippen molar-refractivity contribution in [2.24, 2.45) is 0 Å². The van der Waals surface area contributed by atoms with E-state index < -0.39 is 21.8 Å². The van der Waals surface area contributed by atoms with Crippen LogP contribution in [0.3, 0.4) is 0 Å². The summed E-state index contributed by atoms with van der Waals surface area (Å²) in [4.78, 5) is 4.44. The van der Waals surface area contributed by atoms with E-state index in [1.54, 1.807) is 0 Å². The Bertz CT molecular complexity index is 879. The zero-order chi connectivity index (χ0) is 20.9. The maximum atomic E-state index is 12.6. The number of halogens is 3. The highest BCUT2D eigenvalue weighted by atomic mass is 32.2. The minimum atomic E-state index is -4.49. The number of piperazine rings is 1. The first-order chi connectivity index (χ1) is 13.8. The van der Waals surface area contributed by atoms with Crippen molar-refractivity contribution >= 4 is 15.7 Å². The monoisotopic (exact) mass is 427 g/mol. The average molecular weight is 427 g/mol. The third-order valence-electron chi connectivity index (χ3n) is 4.93. The largest absolute Gasteiger partial charge is 0.416 e. The van der Waals surface area contributed by atoms with E-state index in [-0.39, 0.29) is 11.4 Å². The minimum Gasteiger partial charge on any atom is -0.369 e. The Labute approximate surface area is 169 Å². The van der Waals surface area contributed by atoms with Gasteiger partial charge in [0.25, 0.3) is 0 Å². The molecular weight excluding hydrogens is 403 g/mol. The van der Waals surface area contributed by atoms with Crippen molar-refractivity contribution in [3.63, 3.8) is 0 Å². The van der Waals surface area contributed by atoms with Crippen LogP contribution in [0.2, 0.25) is 0 Å². The molecule has 3 rings (SSSR count). The lowest BCUT2D eigenvalue weighted by atomic mass is 10.2. The first-order valence-corrected chi connectivity index (χ1v) is 10.9. The number of sulfonamides is 1. The molecular formula is C20H24F3N3O2S. The van der Waals surface area contributed by atoms with Gasteiger partial charge in [-0.15, -0.1) is 0 Å². The second kappa shape index (κ2) is 9.15. The number of nitrogens with zero attached hydrogens (tertiary/aromatic N) is 2. The zero-order valence-electron chi connectivity index (χ0n) is 15.9. The fraction of sp³-hybridized carbons (Fsp3) is 0.400. The Morgan fingerprint density at radius 3 is 2.10 bits per heavy atom. The van der Waals surface area contributed by atoms with Gasteiger partial charge < -0.3 is 4.90 Å². The Morgan fingerprint density at radius 1 is 0.897 bits per heavy atom. The fourth-order valence-corrected chi connectivity index (χ4v) is 4.36. The third kappa shape index (κ3) is 5.94. The lowest BCUT2D eigenvalue weighted by molar-refractivity contribution is -0.137. The van der Waals surface area contributed by atoms with E-state index in [1.165, 1.54) is 5.69 Å². The molecule has 158 valence electrons. The topological polar surface area (TPSA) is 52.7 Å². The molecule has 2 aromatic rings. The second-order valence-electron chi connectivity index (χ2n) is 6.94. The van der Waals surface area contributed by atoms with Crippen LogP contribution in [-0.2, 0) is 16.2 Å². The number of hydrogen-bond acceptors (Lipinski definition) is 4. The molecule has 0 amide bonds. The number of benzene rings is 2. The number of para-hydroxylation sites is 1. The van der Waals surface area contributed by atoms with Crippen molar-refractivity contribution in [2.75, 3.05) is 44.2 Å².